The number of hydrogen-bond donors (Lipinski definition) is 2. The summed E-state index contributed by atoms with van der Waals surface area (Å²) in [6.07, 6.45) is 0. The Hall–Kier alpha value is -0.670. The highest BCUT2D eigenvalue weighted by atomic mass is 79.9. The van der Waals surface area contributed by atoms with Crippen molar-refractivity contribution >= 4 is 31.6 Å². The van der Waals surface area contributed by atoms with Crippen molar-refractivity contribution in [2.24, 2.45) is 0 Å². The summed E-state index contributed by atoms with van der Waals surface area (Å²) in [4.78, 5) is 2.66. The lowest BCUT2D eigenvalue weighted by Gasteiger charge is -2.26. The third-order valence-corrected chi connectivity index (χ3v) is 4.63. The Bertz CT molecular complexity index is 529. The monoisotopic (exact) mass is 335 g/mol. The highest BCUT2D eigenvalue weighted by Crippen LogP contribution is 2.22. The van der Waals surface area contributed by atoms with E-state index in [9.17, 15) is 8.42 Å². The molecule has 0 amide bonds. The smallest absolute Gasteiger partial charge is 0.253 e. The Morgan fingerprint density at radius 1 is 1.33 bits per heavy atom. The Labute approximate surface area is 114 Å². The number of sulfonamides is 1. The van der Waals surface area contributed by atoms with Crippen molar-refractivity contribution in [1.29, 1.82) is 0 Å². The third-order valence-electron chi connectivity index (χ3n) is 2.54. The first-order valence-electron chi connectivity index (χ1n) is 5.39. The summed E-state index contributed by atoms with van der Waals surface area (Å²) in [6.45, 7) is 2.10. The minimum atomic E-state index is -3.58. The van der Waals surface area contributed by atoms with E-state index >= 15 is 0 Å². The van der Waals surface area contributed by atoms with Gasteiger partial charge in [-0.05, 0) is 34.1 Å². The molecule has 1 fully saturated rings. The average molecular weight is 336 g/mol. The topological polar surface area (TPSA) is 84.7 Å². The van der Waals surface area contributed by atoms with Crippen LogP contribution in [0, 0.1) is 0 Å². The van der Waals surface area contributed by atoms with Crippen LogP contribution >= 0.6 is 15.9 Å². The SMILES string of the molecule is Nc1cc(S(=O)(=O)NN2CCOCC2)ccc1Br. The van der Waals surface area contributed by atoms with E-state index in [0.29, 0.717) is 36.5 Å². The minimum absolute atomic E-state index is 0.148. The third kappa shape index (κ3) is 3.21. The number of rotatable bonds is 3. The number of nitrogens with one attached hydrogen (secondary N) is 1. The zero-order chi connectivity index (χ0) is 13.2. The molecule has 1 aromatic rings. The normalized spacial score (nSPS) is 17.8. The minimum Gasteiger partial charge on any atom is -0.398 e. The van der Waals surface area contributed by atoms with Crippen molar-refractivity contribution in [2.75, 3.05) is 32.0 Å². The second kappa shape index (κ2) is 5.54. The molecule has 100 valence electrons. The fourth-order valence-electron chi connectivity index (χ4n) is 1.57. The van der Waals surface area contributed by atoms with Gasteiger partial charge in [-0.15, -0.1) is 4.83 Å². The molecule has 1 aromatic carbocycles. The van der Waals surface area contributed by atoms with Crippen molar-refractivity contribution in [1.82, 2.24) is 9.84 Å². The molecule has 1 aliphatic heterocycles. The lowest BCUT2D eigenvalue weighted by atomic mass is 10.3. The molecule has 0 aliphatic carbocycles. The number of halogens is 1. The van der Waals surface area contributed by atoms with Gasteiger partial charge >= 0.3 is 0 Å². The molecule has 1 aliphatic rings. The maximum atomic E-state index is 12.1. The van der Waals surface area contributed by atoms with Crippen LogP contribution in [0.15, 0.2) is 27.6 Å². The summed E-state index contributed by atoms with van der Waals surface area (Å²) in [5, 5.41) is 1.62. The van der Waals surface area contributed by atoms with Gasteiger partial charge in [0.25, 0.3) is 10.0 Å². The second-order valence-corrected chi connectivity index (χ2v) is 6.39. The van der Waals surface area contributed by atoms with Gasteiger partial charge in [0.05, 0.1) is 18.1 Å². The van der Waals surface area contributed by atoms with Crippen LogP contribution in [-0.4, -0.2) is 39.7 Å². The molecule has 0 unspecified atom stereocenters. The van der Waals surface area contributed by atoms with E-state index in [0.717, 1.165) is 0 Å². The van der Waals surface area contributed by atoms with E-state index in [1.807, 2.05) is 0 Å². The Kier molecular flexibility index (Phi) is 4.23. The van der Waals surface area contributed by atoms with E-state index in [-0.39, 0.29) is 4.90 Å². The summed E-state index contributed by atoms with van der Waals surface area (Å²) in [7, 11) is -3.58. The lowest BCUT2D eigenvalue weighted by Crippen LogP contribution is -2.48. The van der Waals surface area contributed by atoms with Gasteiger partial charge in [0.2, 0.25) is 0 Å². The zero-order valence-electron chi connectivity index (χ0n) is 9.60. The molecule has 0 bridgehead atoms. The van der Waals surface area contributed by atoms with E-state index < -0.39 is 10.0 Å². The maximum absolute atomic E-state index is 12.1. The molecule has 1 saturated heterocycles. The highest BCUT2D eigenvalue weighted by molar-refractivity contribution is 9.10. The number of benzene rings is 1. The molecule has 0 radical (unpaired) electrons. The number of nitrogen functional groups attached to an aromatic ring is 1. The number of anilines is 1. The van der Waals surface area contributed by atoms with Gasteiger partial charge in [-0.25, -0.2) is 13.4 Å². The van der Waals surface area contributed by atoms with Gasteiger partial charge in [0.15, 0.2) is 0 Å². The number of morpholine rings is 1. The predicted octanol–water partition coefficient (Wildman–Crippen LogP) is 0.557. The fourth-order valence-corrected chi connectivity index (χ4v) is 2.97. The summed E-state index contributed by atoms with van der Waals surface area (Å²) >= 11 is 3.23. The molecule has 0 spiro atoms. The van der Waals surface area contributed by atoms with Gasteiger partial charge in [0, 0.05) is 23.2 Å². The number of nitrogens with zero attached hydrogens (tertiary/aromatic N) is 1. The molecular weight excluding hydrogens is 322 g/mol. The number of hydrazine groups is 1. The highest BCUT2D eigenvalue weighted by Gasteiger charge is 2.20. The van der Waals surface area contributed by atoms with Crippen molar-refractivity contribution in [2.45, 2.75) is 4.90 Å². The standard InChI is InChI=1S/C10H14BrN3O3S/c11-9-2-1-8(7-10(9)12)18(15,16)13-14-3-5-17-6-4-14/h1-2,7,13H,3-6,12H2. The number of ether oxygens (including phenoxy) is 1. The number of nitrogens with two attached hydrogens (primary N) is 1. The molecule has 18 heavy (non-hydrogen) atoms. The van der Waals surface area contributed by atoms with Crippen molar-refractivity contribution < 1.29 is 13.2 Å². The van der Waals surface area contributed by atoms with Crippen molar-refractivity contribution in [3.8, 4) is 0 Å². The Morgan fingerprint density at radius 3 is 2.61 bits per heavy atom. The first-order valence-corrected chi connectivity index (χ1v) is 7.67. The first kappa shape index (κ1) is 13.8. The quantitative estimate of drug-likeness (QED) is 0.788. The average Bonchev–Trinajstić information content (AvgIpc) is 2.33. The van der Waals surface area contributed by atoms with Crippen LogP contribution in [-0.2, 0) is 14.8 Å². The van der Waals surface area contributed by atoms with Crippen LogP contribution in [0.25, 0.3) is 0 Å². The van der Waals surface area contributed by atoms with Crippen molar-refractivity contribution in [3.63, 3.8) is 0 Å². The van der Waals surface area contributed by atoms with Gasteiger partial charge in [-0.3, -0.25) is 0 Å². The van der Waals surface area contributed by atoms with Crippen LogP contribution in [0.3, 0.4) is 0 Å². The first-order chi connectivity index (χ1) is 8.49. The molecule has 0 aromatic heterocycles. The second-order valence-electron chi connectivity index (χ2n) is 3.88. The predicted molar refractivity (Wildman–Crippen MR) is 71.3 cm³/mol. The summed E-state index contributed by atoms with van der Waals surface area (Å²) < 4.78 is 30.0. The fraction of sp³-hybridized carbons (Fsp3) is 0.400. The van der Waals surface area contributed by atoms with Gasteiger partial charge in [0.1, 0.15) is 0 Å². The van der Waals surface area contributed by atoms with E-state index in [1.54, 1.807) is 11.1 Å². The molecule has 6 nitrogen and oxygen atoms in total. The van der Waals surface area contributed by atoms with Crippen LogP contribution < -0.4 is 10.6 Å². The van der Waals surface area contributed by atoms with Crippen molar-refractivity contribution in [3.05, 3.63) is 22.7 Å². The molecule has 3 N–H and O–H groups in total. The van der Waals surface area contributed by atoms with Crippen LogP contribution in [0.2, 0.25) is 0 Å². The van der Waals surface area contributed by atoms with Crippen LogP contribution in [0.5, 0.6) is 0 Å². The van der Waals surface area contributed by atoms with E-state index in [1.165, 1.54) is 12.1 Å². The Balaban J connectivity index is 2.16. The molecule has 0 saturated carbocycles. The van der Waals surface area contributed by atoms with E-state index in [4.69, 9.17) is 10.5 Å². The molecule has 0 atom stereocenters. The zero-order valence-corrected chi connectivity index (χ0v) is 12.0. The summed E-state index contributed by atoms with van der Waals surface area (Å²) in [5.74, 6) is 0. The molecule has 2 rings (SSSR count). The molecular formula is C10H14BrN3O3S. The largest absolute Gasteiger partial charge is 0.398 e. The summed E-state index contributed by atoms with van der Waals surface area (Å²) in [6, 6.07) is 4.54. The van der Waals surface area contributed by atoms with E-state index in [2.05, 4.69) is 20.8 Å². The Morgan fingerprint density at radius 2 is 2.00 bits per heavy atom. The maximum Gasteiger partial charge on any atom is 0.253 e. The lowest BCUT2D eigenvalue weighted by molar-refractivity contribution is 0.0272. The van der Waals surface area contributed by atoms with Crippen LogP contribution in [0.4, 0.5) is 5.69 Å². The number of hydrogen-bond acceptors (Lipinski definition) is 5. The molecule has 1 heterocycles. The van der Waals surface area contributed by atoms with Gasteiger partial charge in [-0.2, -0.15) is 0 Å². The van der Waals surface area contributed by atoms with Crippen LogP contribution in [0.1, 0.15) is 0 Å². The molecule has 8 heteroatoms. The van der Waals surface area contributed by atoms with Gasteiger partial charge in [-0.1, -0.05) is 0 Å². The van der Waals surface area contributed by atoms with Gasteiger partial charge < -0.3 is 10.5 Å². The summed E-state index contributed by atoms with van der Waals surface area (Å²) in [5.41, 5.74) is 6.07.